The summed E-state index contributed by atoms with van der Waals surface area (Å²) >= 11 is 0. The second kappa shape index (κ2) is 6.40. The van der Waals surface area contributed by atoms with Gasteiger partial charge in [0, 0.05) is 24.2 Å². The predicted octanol–water partition coefficient (Wildman–Crippen LogP) is 4.35. The summed E-state index contributed by atoms with van der Waals surface area (Å²) in [6.45, 7) is 0. The summed E-state index contributed by atoms with van der Waals surface area (Å²) in [5, 5.41) is 6.38. The number of benzene rings is 1. The van der Waals surface area contributed by atoms with Gasteiger partial charge in [-0.05, 0) is 30.5 Å². The van der Waals surface area contributed by atoms with Crippen LogP contribution in [0, 0.1) is 5.82 Å². The summed E-state index contributed by atoms with van der Waals surface area (Å²) in [6.07, 6.45) is 1.57. The summed E-state index contributed by atoms with van der Waals surface area (Å²) in [4.78, 5) is 8.48. The third-order valence-corrected chi connectivity index (χ3v) is 4.88. The minimum absolute atomic E-state index is 0.136. The minimum atomic E-state index is -4.70. The SMILES string of the molecule is Fc1ccc(C2(Cc3ncc(-c4nnc(C(F)(F)F)o4)cn3)CCC2)cc1. The van der Waals surface area contributed by atoms with Gasteiger partial charge in [-0.15, -0.1) is 10.2 Å². The molecule has 1 fully saturated rings. The second-order valence-corrected chi connectivity index (χ2v) is 6.62. The summed E-state index contributed by atoms with van der Waals surface area (Å²) in [5.41, 5.74) is 1.11. The molecule has 3 aromatic rings. The summed E-state index contributed by atoms with van der Waals surface area (Å²) in [6, 6.07) is 6.43. The van der Waals surface area contributed by atoms with E-state index < -0.39 is 12.1 Å². The third-order valence-electron chi connectivity index (χ3n) is 4.88. The Kier molecular flexibility index (Phi) is 4.16. The van der Waals surface area contributed by atoms with Crippen molar-refractivity contribution in [3.05, 3.63) is 59.8 Å². The molecule has 0 atom stereocenters. The van der Waals surface area contributed by atoms with Gasteiger partial charge in [-0.1, -0.05) is 18.6 Å². The Hall–Kier alpha value is -2.84. The van der Waals surface area contributed by atoms with Crippen LogP contribution in [0.5, 0.6) is 0 Å². The van der Waals surface area contributed by atoms with E-state index in [0.717, 1.165) is 24.8 Å². The van der Waals surface area contributed by atoms with Crippen LogP contribution in [0.4, 0.5) is 17.6 Å². The fourth-order valence-corrected chi connectivity index (χ4v) is 3.29. The maximum absolute atomic E-state index is 13.2. The number of alkyl halides is 3. The molecule has 1 aromatic carbocycles. The number of nitrogens with zero attached hydrogens (tertiary/aromatic N) is 4. The Morgan fingerprint density at radius 3 is 2.19 bits per heavy atom. The van der Waals surface area contributed by atoms with Crippen molar-refractivity contribution < 1.29 is 22.0 Å². The predicted molar refractivity (Wildman–Crippen MR) is 86.0 cm³/mol. The van der Waals surface area contributed by atoms with E-state index in [4.69, 9.17) is 0 Å². The molecule has 0 bridgehead atoms. The van der Waals surface area contributed by atoms with Crippen molar-refractivity contribution in [1.82, 2.24) is 20.2 Å². The molecule has 0 radical (unpaired) electrons. The maximum atomic E-state index is 13.2. The van der Waals surface area contributed by atoms with Gasteiger partial charge >= 0.3 is 12.1 Å². The zero-order valence-corrected chi connectivity index (χ0v) is 14.0. The second-order valence-electron chi connectivity index (χ2n) is 6.62. The van der Waals surface area contributed by atoms with Gasteiger partial charge in [0.15, 0.2) is 0 Å². The standard InChI is InChI=1S/C18H14F4N4O/c19-13-4-2-12(3-5-13)17(6-1-7-17)8-14-23-9-11(10-24-14)15-25-26-16(27-15)18(20,21)22/h2-5,9-10H,1,6-8H2. The Morgan fingerprint density at radius 2 is 1.67 bits per heavy atom. The number of hydrogen-bond acceptors (Lipinski definition) is 5. The molecule has 1 saturated carbocycles. The lowest BCUT2D eigenvalue weighted by molar-refractivity contribution is -0.156. The molecule has 140 valence electrons. The number of halogens is 4. The van der Waals surface area contributed by atoms with Gasteiger partial charge in [0.25, 0.3) is 5.89 Å². The maximum Gasteiger partial charge on any atom is 0.470 e. The summed E-state index contributed by atoms with van der Waals surface area (Å²) < 4.78 is 55.5. The lowest BCUT2D eigenvalue weighted by Crippen LogP contribution is -2.37. The van der Waals surface area contributed by atoms with Crippen LogP contribution in [-0.4, -0.2) is 20.2 Å². The molecule has 2 heterocycles. The first-order valence-corrected chi connectivity index (χ1v) is 8.34. The average molecular weight is 378 g/mol. The molecule has 0 aliphatic heterocycles. The molecule has 1 aliphatic carbocycles. The molecule has 2 aromatic heterocycles. The molecule has 1 aliphatic rings. The van der Waals surface area contributed by atoms with Crippen molar-refractivity contribution in [1.29, 1.82) is 0 Å². The molecular formula is C18H14F4N4O. The fraction of sp³-hybridized carbons (Fsp3) is 0.333. The highest BCUT2D eigenvalue weighted by Crippen LogP contribution is 2.45. The molecule has 0 spiro atoms. The molecular weight excluding hydrogens is 364 g/mol. The van der Waals surface area contributed by atoms with Gasteiger partial charge in [-0.25, -0.2) is 14.4 Å². The van der Waals surface area contributed by atoms with E-state index in [1.807, 2.05) is 0 Å². The van der Waals surface area contributed by atoms with Crippen molar-refractivity contribution in [3.8, 4) is 11.5 Å². The van der Waals surface area contributed by atoms with E-state index in [2.05, 4.69) is 24.6 Å². The van der Waals surface area contributed by atoms with Crippen molar-refractivity contribution in [2.45, 2.75) is 37.3 Å². The number of hydrogen-bond donors (Lipinski definition) is 0. The smallest absolute Gasteiger partial charge is 0.413 e. The monoisotopic (exact) mass is 378 g/mol. The van der Waals surface area contributed by atoms with Crippen LogP contribution in [0.1, 0.15) is 36.5 Å². The van der Waals surface area contributed by atoms with Crippen LogP contribution in [0.3, 0.4) is 0 Å². The molecule has 0 saturated heterocycles. The van der Waals surface area contributed by atoms with E-state index >= 15 is 0 Å². The van der Waals surface area contributed by atoms with E-state index in [9.17, 15) is 17.6 Å². The lowest BCUT2D eigenvalue weighted by atomic mass is 9.62. The van der Waals surface area contributed by atoms with E-state index in [1.165, 1.54) is 24.5 Å². The van der Waals surface area contributed by atoms with E-state index in [0.29, 0.717) is 12.2 Å². The fourth-order valence-electron chi connectivity index (χ4n) is 3.29. The van der Waals surface area contributed by atoms with Crippen molar-refractivity contribution in [2.75, 3.05) is 0 Å². The van der Waals surface area contributed by atoms with Gasteiger partial charge in [0.05, 0.1) is 5.56 Å². The quantitative estimate of drug-likeness (QED) is 0.632. The molecule has 0 amide bonds. The first-order valence-electron chi connectivity index (χ1n) is 8.34. The van der Waals surface area contributed by atoms with Crippen molar-refractivity contribution in [2.24, 2.45) is 0 Å². The summed E-state index contributed by atoms with van der Waals surface area (Å²) in [7, 11) is 0. The Morgan fingerprint density at radius 1 is 1.00 bits per heavy atom. The topological polar surface area (TPSA) is 64.7 Å². The van der Waals surface area contributed by atoms with Gasteiger partial charge in [-0.3, -0.25) is 0 Å². The first kappa shape index (κ1) is 17.6. The molecule has 0 N–H and O–H groups in total. The lowest BCUT2D eigenvalue weighted by Gasteiger charge is -2.42. The Bertz CT molecular complexity index is 931. The molecule has 0 unspecified atom stereocenters. The molecule has 4 rings (SSSR count). The van der Waals surface area contributed by atoms with Crippen LogP contribution < -0.4 is 0 Å². The van der Waals surface area contributed by atoms with Gasteiger partial charge in [0.2, 0.25) is 0 Å². The Balaban J connectivity index is 1.54. The van der Waals surface area contributed by atoms with Crippen LogP contribution in [-0.2, 0) is 18.0 Å². The van der Waals surface area contributed by atoms with Crippen LogP contribution in [0.25, 0.3) is 11.5 Å². The number of rotatable bonds is 4. The van der Waals surface area contributed by atoms with Gasteiger partial charge in [0.1, 0.15) is 11.6 Å². The highest BCUT2D eigenvalue weighted by molar-refractivity contribution is 5.48. The van der Waals surface area contributed by atoms with Crippen LogP contribution >= 0.6 is 0 Å². The average Bonchev–Trinajstić information content (AvgIpc) is 3.10. The van der Waals surface area contributed by atoms with Crippen molar-refractivity contribution in [3.63, 3.8) is 0 Å². The van der Waals surface area contributed by atoms with Crippen molar-refractivity contribution >= 4 is 0 Å². The third kappa shape index (κ3) is 3.41. The Labute approximate surface area is 151 Å². The first-order chi connectivity index (χ1) is 12.9. The van der Waals surface area contributed by atoms with Gasteiger partial charge in [-0.2, -0.15) is 13.2 Å². The highest BCUT2D eigenvalue weighted by Gasteiger charge is 2.40. The normalized spacial score (nSPS) is 16.1. The molecule has 9 heteroatoms. The number of aromatic nitrogens is 4. The molecule has 5 nitrogen and oxygen atoms in total. The minimum Gasteiger partial charge on any atom is -0.413 e. The van der Waals surface area contributed by atoms with E-state index in [1.54, 1.807) is 12.1 Å². The molecule has 27 heavy (non-hydrogen) atoms. The van der Waals surface area contributed by atoms with Crippen LogP contribution in [0.15, 0.2) is 41.1 Å². The highest BCUT2D eigenvalue weighted by atomic mass is 19.4. The van der Waals surface area contributed by atoms with Gasteiger partial charge < -0.3 is 4.42 Å². The van der Waals surface area contributed by atoms with E-state index in [-0.39, 0.29) is 22.7 Å². The zero-order valence-electron chi connectivity index (χ0n) is 14.0. The zero-order chi connectivity index (χ0) is 19.1. The summed E-state index contributed by atoms with van der Waals surface area (Å²) in [5.74, 6) is -1.43. The van der Waals surface area contributed by atoms with Crippen LogP contribution in [0.2, 0.25) is 0 Å². The largest absolute Gasteiger partial charge is 0.470 e.